The molecule has 4 nitrogen and oxygen atoms in total. The molecule has 1 aromatic carbocycles. The standard InChI is InChI=1S/C13H16BrNO3S/c1-8(10-3-5-11(14)6-4-10)15-12(16)7-19-9(2)13(17)18/h3-6,8-9H,7H2,1-2H3,(H,15,16)(H,17,18). The number of thioether (sulfide) groups is 1. The second-order valence-electron chi connectivity index (χ2n) is 4.13. The molecular formula is C13H16BrNO3S. The van der Waals surface area contributed by atoms with E-state index in [1.54, 1.807) is 6.92 Å². The van der Waals surface area contributed by atoms with Crippen LogP contribution in [0, 0.1) is 0 Å². The second kappa shape index (κ2) is 7.55. The van der Waals surface area contributed by atoms with Gasteiger partial charge in [-0.05, 0) is 31.5 Å². The van der Waals surface area contributed by atoms with E-state index in [-0.39, 0.29) is 17.7 Å². The Morgan fingerprint density at radius 3 is 2.42 bits per heavy atom. The number of benzene rings is 1. The van der Waals surface area contributed by atoms with Crippen LogP contribution >= 0.6 is 27.7 Å². The van der Waals surface area contributed by atoms with Gasteiger partial charge >= 0.3 is 5.97 Å². The highest BCUT2D eigenvalue weighted by molar-refractivity contribution is 9.10. The van der Waals surface area contributed by atoms with Gasteiger partial charge in [0.15, 0.2) is 0 Å². The van der Waals surface area contributed by atoms with Crippen molar-refractivity contribution < 1.29 is 14.7 Å². The van der Waals surface area contributed by atoms with Crippen molar-refractivity contribution in [3.8, 4) is 0 Å². The third-order valence-corrected chi connectivity index (χ3v) is 4.22. The Bertz CT molecular complexity index is 450. The van der Waals surface area contributed by atoms with Crippen molar-refractivity contribution >= 4 is 39.6 Å². The van der Waals surface area contributed by atoms with E-state index in [4.69, 9.17) is 5.11 Å². The van der Waals surface area contributed by atoms with Gasteiger partial charge in [-0.3, -0.25) is 9.59 Å². The fourth-order valence-electron chi connectivity index (χ4n) is 1.39. The van der Waals surface area contributed by atoms with E-state index in [0.717, 1.165) is 21.8 Å². The molecule has 0 aromatic heterocycles. The second-order valence-corrected chi connectivity index (χ2v) is 6.38. The van der Waals surface area contributed by atoms with Crippen LogP contribution in [0.3, 0.4) is 0 Å². The third kappa shape index (κ3) is 5.65. The van der Waals surface area contributed by atoms with Crippen LogP contribution in [0.4, 0.5) is 0 Å². The molecule has 0 aliphatic rings. The fourth-order valence-corrected chi connectivity index (χ4v) is 2.28. The summed E-state index contributed by atoms with van der Waals surface area (Å²) < 4.78 is 0.987. The van der Waals surface area contributed by atoms with Crippen LogP contribution in [0.1, 0.15) is 25.5 Å². The molecule has 0 aliphatic carbocycles. The van der Waals surface area contributed by atoms with Gasteiger partial charge in [0.05, 0.1) is 17.0 Å². The number of rotatable bonds is 6. The zero-order chi connectivity index (χ0) is 14.4. The average molecular weight is 346 g/mol. The number of carboxylic acids is 1. The summed E-state index contributed by atoms with van der Waals surface area (Å²) in [6, 6.07) is 7.60. The van der Waals surface area contributed by atoms with Gasteiger partial charge in [0.1, 0.15) is 0 Å². The number of carbonyl (C=O) groups is 2. The molecule has 0 radical (unpaired) electrons. The molecular weight excluding hydrogens is 330 g/mol. The smallest absolute Gasteiger partial charge is 0.316 e. The molecule has 6 heteroatoms. The van der Waals surface area contributed by atoms with Crippen LogP contribution in [0.5, 0.6) is 0 Å². The Kier molecular flexibility index (Phi) is 6.37. The Hall–Kier alpha value is -1.01. The van der Waals surface area contributed by atoms with E-state index in [1.165, 1.54) is 0 Å². The minimum absolute atomic E-state index is 0.0960. The summed E-state index contributed by atoms with van der Waals surface area (Å²) in [4.78, 5) is 22.3. The summed E-state index contributed by atoms with van der Waals surface area (Å²) in [5.74, 6) is -0.916. The molecule has 0 aliphatic heterocycles. The Morgan fingerprint density at radius 1 is 1.32 bits per heavy atom. The Morgan fingerprint density at radius 2 is 1.89 bits per heavy atom. The van der Waals surface area contributed by atoms with E-state index in [2.05, 4.69) is 21.2 Å². The molecule has 0 saturated heterocycles. The Labute approximate surface area is 125 Å². The molecule has 0 bridgehead atoms. The van der Waals surface area contributed by atoms with Crippen molar-refractivity contribution in [1.82, 2.24) is 5.32 Å². The number of carbonyl (C=O) groups excluding carboxylic acids is 1. The summed E-state index contributed by atoms with van der Waals surface area (Å²) in [6.07, 6.45) is 0. The molecule has 0 saturated carbocycles. The molecule has 1 rings (SSSR count). The van der Waals surface area contributed by atoms with E-state index < -0.39 is 11.2 Å². The van der Waals surface area contributed by atoms with Crippen LogP contribution in [-0.2, 0) is 9.59 Å². The van der Waals surface area contributed by atoms with Crippen molar-refractivity contribution in [2.75, 3.05) is 5.75 Å². The monoisotopic (exact) mass is 345 g/mol. The number of nitrogens with one attached hydrogen (secondary N) is 1. The zero-order valence-electron chi connectivity index (χ0n) is 10.7. The first-order valence-corrected chi connectivity index (χ1v) is 7.63. The first kappa shape index (κ1) is 16.0. The van der Waals surface area contributed by atoms with Gasteiger partial charge in [0.25, 0.3) is 0 Å². The van der Waals surface area contributed by atoms with Crippen molar-refractivity contribution in [2.24, 2.45) is 0 Å². The van der Waals surface area contributed by atoms with Gasteiger partial charge in [-0.15, -0.1) is 11.8 Å². The predicted molar refractivity (Wildman–Crippen MR) is 80.3 cm³/mol. The van der Waals surface area contributed by atoms with Gasteiger partial charge in [0, 0.05) is 4.47 Å². The molecule has 19 heavy (non-hydrogen) atoms. The first-order chi connectivity index (χ1) is 8.90. The summed E-state index contributed by atoms with van der Waals surface area (Å²) in [6.45, 7) is 3.46. The average Bonchev–Trinajstić information content (AvgIpc) is 2.36. The highest BCUT2D eigenvalue weighted by atomic mass is 79.9. The van der Waals surface area contributed by atoms with Crippen molar-refractivity contribution in [3.63, 3.8) is 0 Å². The van der Waals surface area contributed by atoms with E-state index >= 15 is 0 Å². The summed E-state index contributed by atoms with van der Waals surface area (Å²) in [5.41, 5.74) is 1.01. The lowest BCUT2D eigenvalue weighted by atomic mass is 10.1. The van der Waals surface area contributed by atoms with Gasteiger partial charge in [-0.25, -0.2) is 0 Å². The molecule has 2 N–H and O–H groups in total. The first-order valence-electron chi connectivity index (χ1n) is 5.79. The predicted octanol–water partition coefficient (Wildman–Crippen LogP) is 2.83. The van der Waals surface area contributed by atoms with Crippen LogP contribution in [0.25, 0.3) is 0 Å². The minimum Gasteiger partial charge on any atom is -0.480 e. The number of halogens is 1. The third-order valence-electron chi connectivity index (χ3n) is 2.56. The molecule has 0 spiro atoms. The van der Waals surface area contributed by atoms with Crippen LogP contribution in [0.2, 0.25) is 0 Å². The highest BCUT2D eigenvalue weighted by Crippen LogP contribution is 2.17. The maximum Gasteiger partial charge on any atom is 0.316 e. The maximum atomic E-state index is 11.7. The number of aliphatic carboxylic acids is 1. The Balaban J connectivity index is 2.44. The van der Waals surface area contributed by atoms with Gasteiger partial charge in [-0.1, -0.05) is 28.1 Å². The van der Waals surface area contributed by atoms with Crippen LogP contribution in [0.15, 0.2) is 28.7 Å². The summed E-state index contributed by atoms with van der Waals surface area (Å²) >= 11 is 4.47. The number of carboxylic acid groups (broad SMARTS) is 1. The SMILES string of the molecule is CC(SCC(=O)NC(C)c1ccc(Br)cc1)C(=O)O. The highest BCUT2D eigenvalue weighted by Gasteiger charge is 2.15. The molecule has 2 unspecified atom stereocenters. The number of hydrogen-bond donors (Lipinski definition) is 2. The molecule has 2 atom stereocenters. The molecule has 0 heterocycles. The van der Waals surface area contributed by atoms with Gasteiger partial charge in [0.2, 0.25) is 5.91 Å². The van der Waals surface area contributed by atoms with Crippen molar-refractivity contribution in [1.29, 1.82) is 0 Å². The lowest BCUT2D eigenvalue weighted by Crippen LogP contribution is -2.29. The quantitative estimate of drug-likeness (QED) is 0.831. The largest absolute Gasteiger partial charge is 0.480 e. The normalized spacial score (nSPS) is 13.6. The van der Waals surface area contributed by atoms with E-state index in [9.17, 15) is 9.59 Å². The summed E-state index contributed by atoms with van der Waals surface area (Å²) in [7, 11) is 0. The summed E-state index contributed by atoms with van der Waals surface area (Å²) in [5, 5.41) is 11.0. The van der Waals surface area contributed by atoms with Crippen molar-refractivity contribution in [2.45, 2.75) is 25.1 Å². The number of hydrogen-bond acceptors (Lipinski definition) is 3. The van der Waals surface area contributed by atoms with Crippen LogP contribution < -0.4 is 5.32 Å². The molecule has 1 amide bonds. The van der Waals surface area contributed by atoms with E-state index in [1.807, 2.05) is 31.2 Å². The molecule has 1 aromatic rings. The molecule has 0 fully saturated rings. The minimum atomic E-state index is -0.904. The van der Waals surface area contributed by atoms with Crippen LogP contribution in [-0.4, -0.2) is 28.0 Å². The van der Waals surface area contributed by atoms with Gasteiger partial charge < -0.3 is 10.4 Å². The van der Waals surface area contributed by atoms with E-state index in [0.29, 0.717) is 0 Å². The molecule has 104 valence electrons. The number of amides is 1. The fraction of sp³-hybridized carbons (Fsp3) is 0.385. The maximum absolute atomic E-state index is 11.7. The topological polar surface area (TPSA) is 66.4 Å². The van der Waals surface area contributed by atoms with Gasteiger partial charge in [-0.2, -0.15) is 0 Å². The lowest BCUT2D eigenvalue weighted by molar-refractivity contribution is -0.136. The zero-order valence-corrected chi connectivity index (χ0v) is 13.1. The lowest BCUT2D eigenvalue weighted by Gasteiger charge is -2.15. The van der Waals surface area contributed by atoms with Crippen molar-refractivity contribution in [3.05, 3.63) is 34.3 Å².